The van der Waals surface area contributed by atoms with Crippen molar-refractivity contribution >= 4 is 46.6 Å². The molecule has 0 radical (unpaired) electrons. The first kappa shape index (κ1) is 28.0. The quantitative estimate of drug-likeness (QED) is 0.214. The highest BCUT2D eigenvalue weighted by Crippen LogP contribution is 2.25. The van der Waals surface area contributed by atoms with Crippen molar-refractivity contribution in [1.82, 2.24) is 10.2 Å². The lowest BCUT2D eigenvalue weighted by Crippen LogP contribution is -2.33. The van der Waals surface area contributed by atoms with Crippen LogP contribution in [-0.4, -0.2) is 22.6 Å². The van der Waals surface area contributed by atoms with Crippen LogP contribution in [0.15, 0.2) is 114 Å². The first-order chi connectivity index (χ1) is 19.9. The van der Waals surface area contributed by atoms with Gasteiger partial charge in [0.1, 0.15) is 23.1 Å². The Morgan fingerprint density at radius 1 is 0.732 bits per heavy atom. The highest BCUT2D eigenvalue weighted by Gasteiger charge is 2.37. The smallest absolute Gasteiger partial charge is 0.278 e. The fourth-order valence-corrected chi connectivity index (χ4v) is 4.53. The second kappa shape index (κ2) is 12.7. The Morgan fingerprint density at radius 2 is 1.39 bits per heavy atom. The predicted molar refractivity (Wildman–Crippen MR) is 158 cm³/mol. The fourth-order valence-electron chi connectivity index (χ4n) is 4.16. The van der Waals surface area contributed by atoms with Crippen molar-refractivity contribution in [3.63, 3.8) is 0 Å². The van der Waals surface area contributed by atoms with Gasteiger partial charge in [-0.05, 0) is 65.2 Å². The summed E-state index contributed by atoms with van der Waals surface area (Å²) in [6.45, 7) is 0.790. The highest BCUT2D eigenvalue weighted by molar-refractivity contribution is 6.47. The minimum atomic E-state index is -0.558. The van der Waals surface area contributed by atoms with Crippen LogP contribution in [0.2, 0.25) is 5.02 Å². The van der Waals surface area contributed by atoms with Gasteiger partial charge in [-0.2, -0.15) is 0 Å². The maximum absolute atomic E-state index is 12.9. The van der Waals surface area contributed by atoms with Crippen LogP contribution in [0.3, 0.4) is 0 Å². The van der Waals surface area contributed by atoms with Crippen LogP contribution < -0.4 is 15.4 Å². The molecule has 0 aliphatic carbocycles. The fraction of sp³-hybridized carbons (Fsp3) is 0.0938. The predicted octanol–water partition coefficient (Wildman–Crippen LogP) is 6.28. The zero-order valence-corrected chi connectivity index (χ0v) is 23.3. The van der Waals surface area contributed by atoms with E-state index >= 15 is 0 Å². The van der Waals surface area contributed by atoms with E-state index < -0.39 is 11.8 Å². The van der Waals surface area contributed by atoms with Crippen molar-refractivity contribution in [3.05, 3.63) is 141 Å². The number of benzene rings is 4. The lowest BCUT2D eigenvalue weighted by atomic mass is 10.1. The maximum atomic E-state index is 12.9. The average Bonchev–Trinajstić information content (AvgIpc) is 3.20. The van der Waals surface area contributed by atoms with Gasteiger partial charge in [0.25, 0.3) is 17.7 Å². The molecule has 41 heavy (non-hydrogen) atoms. The van der Waals surface area contributed by atoms with Crippen molar-refractivity contribution in [2.45, 2.75) is 19.7 Å². The minimum absolute atomic E-state index is 0.0450. The van der Waals surface area contributed by atoms with E-state index in [0.717, 1.165) is 21.6 Å². The first-order valence-corrected chi connectivity index (χ1v) is 13.5. The van der Waals surface area contributed by atoms with Crippen LogP contribution in [0, 0.1) is 0 Å². The van der Waals surface area contributed by atoms with Crippen LogP contribution in [0.5, 0.6) is 5.75 Å². The van der Waals surface area contributed by atoms with Crippen LogP contribution in [-0.2, 0) is 29.3 Å². The number of carbonyl (C=O) groups is 3. The van der Waals surface area contributed by atoms with Gasteiger partial charge in [0.2, 0.25) is 0 Å². The number of hydrogen-bond donors (Lipinski definition) is 2. The lowest BCUT2D eigenvalue weighted by Gasteiger charge is -2.15. The van der Waals surface area contributed by atoms with E-state index in [1.54, 1.807) is 72.8 Å². The third kappa shape index (κ3) is 6.95. The summed E-state index contributed by atoms with van der Waals surface area (Å²) in [5, 5.41) is 6.25. The molecule has 3 amide bonds. The Bertz CT molecular complexity index is 1590. The monoisotopic (exact) mass is 585 g/mol. The summed E-state index contributed by atoms with van der Waals surface area (Å²) in [4.78, 5) is 39.3. The van der Waals surface area contributed by atoms with Gasteiger partial charge < -0.3 is 15.4 Å². The second-order valence-corrected chi connectivity index (χ2v) is 10.1. The Morgan fingerprint density at radius 3 is 2.07 bits per heavy atom. The Labute approximate surface area is 247 Å². The van der Waals surface area contributed by atoms with Crippen molar-refractivity contribution in [2.24, 2.45) is 0 Å². The summed E-state index contributed by atoms with van der Waals surface area (Å²) in [6.07, 6.45) is 0. The molecule has 1 aliphatic heterocycles. The summed E-state index contributed by atoms with van der Waals surface area (Å²) in [7, 11) is 0. The van der Waals surface area contributed by atoms with E-state index in [9.17, 15) is 14.4 Å². The molecule has 5 rings (SSSR count). The molecule has 0 spiro atoms. The largest absolute Gasteiger partial charge is 0.489 e. The number of halogens is 2. The summed E-state index contributed by atoms with van der Waals surface area (Å²) in [5.41, 5.74) is 3.78. The number of ether oxygens (including phenoxy) is 1. The van der Waals surface area contributed by atoms with Crippen molar-refractivity contribution in [1.29, 1.82) is 0 Å². The van der Waals surface area contributed by atoms with Crippen molar-refractivity contribution in [2.75, 3.05) is 5.32 Å². The summed E-state index contributed by atoms with van der Waals surface area (Å²) in [6, 6.07) is 30.8. The van der Waals surface area contributed by atoms with Gasteiger partial charge >= 0.3 is 0 Å². The van der Waals surface area contributed by atoms with E-state index in [-0.39, 0.29) is 29.7 Å². The molecule has 4 aromatic rings. The summed E-state index contributed by atoms with van der Waals surface area (Å²) < 4.78 is 5.79. The number of nitrogens with one attached hydrogen (secondary N) is 2. The topological polar surface area (TPSA) is 87.7 Å². The van der Waals surface area contributed by atoms with Crippen molar-refractivity contribution < 1.29 is 19.1 Å². The molecule has 9 heteroatoms. The zero-order valence-electron chi connectivity index (χ0n) is 21.8. The number of hydrogen-bond acceptors (Lipinski definition) is 5. The number of anilines is 1. The van der Waals surface area contributed by atoms with Crippen LogP contribution in [0.4, 0.5) is 5.69 Å². The average molecular weight is 586 g/mol. The molecule has 7 nitrogen and oxygen atoms in total. The van der Waals surface area contributed by atoms with Gasteiger partial charge in [0, 0.05) is 22.8 Å². The van der Waals surface area contributed by atoms with Gasteiger partial charge in [0.15, 0.2) is 0 Å². The lowest BCUT2D eigenvalue weighted by molar-refractivity contribution is -0.138. The third-order valence-electron chi connectivity index (χ3n) is 6.41. The molecule has 4 aromatic carbocycles. The Hall–Kier alpha value is -4.59. The van der Waals surface area contributed by atoms with E-state index in [2.05, 4.69) is 10.6 Å². The second-order valence-electron chi connectivity index (χ2n) is 9.32. The van der Waals surface area contributed by atoms with Gasteiger partial charge in [-0.3, -0.25) is 19.3 Å². The van der Waals surface area contributed by atoms with Gasteiger partial charge in [-0.25, -0.2) is 0 Å². The number of carbonyl (C=O) groups excluding carboxylic acids is 3. The molecule has 0 atom stereocenters. The third-order valence-corrected chi connectivity index (χ3v) is 7.01. The SMILES string of the molecule is O=C(Nc1ccc(OCc2ccccc2)cc1)c1ccc(CNC2=C(Cl)C(=O)N(Cc3ccc(Cl)cc3)C2=O)cc1. The summed E-state index contributed by atoms with van der Waals surface area (Å²) >= 11 is 12.1. The van der Waals surface area contributed by atoms with E-state index in [1.165, 1.54) is 0 Å². The number of rotatable bonds is 10. The van der Waals surface area contributed by atoms with Gasteiger partial charge in [-0.1, -0.05) is 77.8 Å². The van der Waals surface area contributed by atoms with Gasteiger partial charge in [0.05, 0.1) is 6.54 Å². The molecule has 2 N–H and O–H groups in total. The van der Waals surface area contributed by atoms with E-state index in [4.69, 9.17) is 27.9 Å². The Kier molecular flexibility index (Phi) is 8.67. The van der Waals surface area contributed by atoms with Crippen molar-refractivity contribution in [3.8, 4) is 5.75 Å². The highest BCUT2D eigenvalue weighted by atomic mass is 35.5. The molecule has 0 aromatic heterocycles. The molecule has 1 aliphatic rings. The Balaban J connectivity index is 1.12. The normalized spacial score (nSPS) is 13.0. The number of nitrogens with zero attached hydrogens (tertiary/aromatic N) is 1. The standard InChI is InChI=1S/C32H25Cl2N3O4/c33-25-12-8-22(9-13-25)19-37-31(39)28(34)29(32(37)40)35-18-21-6-10-24(11-7-21)30(38)36-26-14-16-27(17-15-26)41-20-23-4-2-1-3-5-23/h1-17,35H,18-20H2,(H,36,38). The zero-order chi connectivity index (χ0) is 28.8. The molecule has 206 valence electrons. The van der Waals surface area contributed by atoms with Crippen LogP contribution >= 0.6 is 23.2 Å². The maximum Gasteiger partial charge on any atom is 0.278 e. The van der Waals surface area contributed by atoms with Crippen LogP contribution in [0.1, 0.15) is 27.0 Å². The van der Waals surface area contributed by atoms with Gasteiger partial charge in [-0.15, -0.1) is 0 Å². The molecule has 0 fully saturated rings. The number of amides is 3. The number of imide groups is 1. The van der Waals surface area contributed by atoms with Crippen LogP contribution in [0.25, 0.3) is 0 Å². The van der Waals surface area contributed by atoms with E-state index in [1.807, 2.05) is 30.3 Å². The molecular weight excluding hydrogens is 561 g/mol. The minimum Gasteiger partial charge on any atom is -0.489 e. The molecule has 0 saturated carbocycles. The molecular formula is C32H25Cl2N3O4. The molecule has 0 unspecified atom stereocenters. The van der Waals surface area contributed by atoms with E-state index in [0.29, 0.717) is 28.6 Å². The molecule has 0 saturated heterocycles. The summed E-state index contributed by atoms with van der Waals surface area (Å²) in [5.74, 6) is -0.614. The molecule has 0 bridgehead atoms. The first-order valence-electron chi connectivity index (χ1n) is 12.8. The molecule has 1 heterocycles.